The number of aryl methyl sites for hydroxylation is 1. The maximum Gasteiger partial charge on any atom is 0.341 e. The molecule has 0 spiro atoms. The molecule has 0 aliphatic carbocycles. The number of carbonyl (C=O) groups is 1. The number of benzene rings is 2. The van der Waals surface area contributed by atoms with E-state index in [1.165, 1.54) is 32.4 Å². The lowest BCUT2D eigenvalue weighted by Crippen LogP contribution is -2.23. The summed E-state index contributed by atoms with van der Waals surface area (Å²) in [6.07, 6.45) is 0. The first-order valence-electron chi connectivity index (χ1n) is 7.29. The molecule has 0 fully saturated rings. The Morgan fingerprint density at radius 3 is 2.48 bits per heavy atom. The van der Waals surface area contributed by atoms with Gasteiger partial charge in [0.1, 0.15) is 17.1 Å². The van der Waals surface area contributed by atoms with E-state index in [1.807, 2.05) is 0 Å². The third-order valence-electron chi connectivity index (χ3n) is 3.59. The zero-order chi connectivity index (χ0) is 18.6. The smallest absolute Gasteiger partial charge is 0.341 e. The van der Waals surface area contributed by atoms with Gasteiger partial charge >= 0.3 is 5.97 Å². The summed E-state index contributed by atoms with van der Waals surface area (Å²) >= 11 is 0. The van der Waals surface area contributed by atoms with Crippen LogP contribution in [0.4, 0.5) is 4.39 Å². The normalized spacial score (nSPS) is 11.2. The second-order valence-corrected chi connectivity index (χ2v) is 7.03. The topological polar surface area (TPSA) is 81.7 Å². The summed E-state index contributed by atoms with van der Waals surface area (Å²) in [5.74, 6) is -0.874. The largest absolute Gasteiger partial charge is 0.496 e. The molecule has 0 bridgehead atoms. The Morgan fingerprint density at radius 2 is 1.88 bits per heavy atom. The van der Waals surface area contributed by atoms with Gasteiger partial charge in [0.05, 0.1) is 19.1 Å². The van der Waals surface area contributed by atoms with Crippen molar-refractivity contribution in [2.24, 2.45) is 0 Å². The molecule has 1 N–H and O–H groups in total. The van der Waals surface area contributed by atoms with Crippen molar-refractivity contribution in [3.63, 3.8) is 0 Å². The summed E-state index contributed by atoms with van der Waals surface area (Å²) < 4.78 is 50.3. The Bertz CT molecular complexity index is 896. The lowest BCUT2D eigenvalue weighted by Gasteiger charge is -2.11. The Morgan fingerprint density at radius 1 is 1.16 bits per heavy atom. The predicted octanol–water partition coefficient (Wildman–Crippen LogP) is 2.41. The Kier molecular flexibility index (Phi) is 5.76. The first kappa shape index (κ1) is 18.9. The van der Waals surface area contributed by atoms with E-state index in [-0.39, 0.29) is 17.0 Å². The van der Waals surface area contributed by atoms with Gasteiger partial charge in [-0.1, -0.05) is 12.1 Å². The molecular formula is C17H18FNO5S. The summed E-state index contributed by atoms with van der Waals surface area (Å²) in [6, 6.07) is 8.32. The molecule has 6 nitrogen and oxygen atoms in total. The van der Waals surface area contributed by atoms with Crippen molar-refractivity contribution in [2.45, 2.75) is 18.4 Å². The zero-order valence-electron chi connectivity index (χ0n) is 14.0. The summed E-state index contributed by atoms with van der Waals surface area (Å²) in [6.45, 7) is 1.47. The lowest BCUT2D eigenvalue weighted by atomic mass is 10.1. The quantitative estimate of drug-likeness (QED) is 0.793. The Hall–Kier alpha value is -2.45. The molecule has 25 heavy (non-hydrogen) atoms. The molecule has 2 aromatic rings. The molecule has 0 saturated carbocycles. The van der Waals surface area contributed by atoms with Crippen LogP contribution in [0.5, 0.6) is 5.75 Å². The molecule has 0 radical (unpaired) electrons. The highest BCUT2D eigenvalue weighted by atomic mass is 32.2. The van der Waals surface area contributed by atoms with Crippen LogP contribution in [0, 0.1) is 12.7 Å². The van der Waals surface area contributed by atoms with Crippen molar-refractivity contribution < 1.29 is 27.1 Å². The van der Waals surface area contributed by atoms with Crippen molar-refractivity contribution in [1.29, 1.82) is 0 Å². The molecule has 0 aromatic heterocycles. The Labute approximate surface area is 145 Å². The van der Waals surface area contributed by atoms with Gasteiger partial charge < -0.3 is 9.47 Å². The average Bonchev–Trinajstić information content (AvgIpc) is 2.61. The summed E-state index contributed by atoms with van der Waals surface area (Å²) in [7, 11) is -1.24. The van der Waals surface area contributed by atoms with Gasteiger partial charge in [-0.25, -0.2) is 22.3 Å². The van der Waals surface area contributed by atoms with Gasteiger partial charge in [-0.3, -0.25) is 0 Å². The first-order valence-corrected chi connectivity index (χ1v) is 8.78. The number of ether oxygens (including phenoxy) is 2. The molecule has 2 rings (SSSR count). The van der Waals surface area contributed by atoms with Crippen molar-refractivity contribution in [2.75, 3.05) is 14.2 Å². The first-order chi connectivity index (χ1) is 11.8. The molecule has 134 valence electrons. The number of esters is 1. The molecule has 0 saturated heterocycles. The van der Waals surface area contributed by atoms with Gasteiger partial charge in [0.2, 0.25) is 10.0 Å². The molecular weight excluding hydrogens is 349 g/mol. The highest BCUT2D eigenvalue weighted by Crippen LogP contribution is 2.21. The monoisotopic (exact) mass is 367 g/mol. The fraction of sp³-hybridized carbons (Fsp3) is 0.235. The van der Waals surface area contributed by atoms with Crippen molar-refractivity contribution in [1.82, 2.24) is 4.72 Å². The number of halogens is 1. The van der Waals surface area contributed by atoms with Crippen molar-refractivity contribution >= 4 is 16.0 Å². The second-order valence-electron chi connectivity index (χ2n) is 5.26. The van der Waals surface area contributed by atoms with Crippen LogP contribution in [0.3, 0.4) is 0 Å². The molecule has 0 aliphatic heterocycles. The minimum atomic E-state index is -3.89. The van der Waals surface area contributed by atoms with Gasteiger partial charge in [-0.15, -0.1) is 0 Å². The number of sulfonamides is 1. The van der Waals surface area contributed by atoms with E-state index in [1.54, 1.807) is 19.1 Å². The minimum absolute atomic E-state index is 0.0776. The highest BCUT2D eigenvalue weighted by molar-refractivity contribution is 7.89. The van der Waals surface area contributed by atoms with E-state index in [2.05, 4.69) is 9.46 Å². The van der Waals surface area contributed by atoms with E-state index in [4.69, 9.17) is 4.74 Å². The van der Waals surface area contributed by atoms with Gasteiger partial charge in [-0.05, 0) is 42.3 Å². The van der Waals surface area contributed by atoms with Crippen LogP contribution >= 0.6 is 0 Å². The SMILES string of the molecule is COC(=O)c1cc(CNS(=O)(=O)c2ccc(C)c(F)c2)ccc1OC. The van der Waals surface area contributed by atoms with Crippen LogP contribution in [0.15, 0.2) is 41.3 Å². The van der Waals surface area contributed by atoms with Crippen LogP contribution in [-0.4, -0.2) is 28.6 Å². The molecule has 8 heteroatoms. The van der Waals surface area contributed by atoms with E-state index >= 15 is 0 Å². The van der Waals surface area contributed by atoms with Gasteiger partial charge in [0, 0.05) is 6.54 Å². The summed E-state index contributed by atoms with van der Waals surface area (Å²) in [4.78, 5) is 11.6. The van der Waals surface area contributed by atoms with Gasteiger partial charge in [-0.2, -0.15) is 0 Å². The fourth-order valence-corrected chi connectivity index (χ4v) is 3.17. The minimum Gasteiger partial charge on any atom is -0.496 e. The molecule has 0 amide bonds. The second kappa shape index (κ2) is 7.62. The van der Waals surface area contributed by atoms with Crippen LogP contribution in [0.25, 0.3) is 0 Å². The molecule has 0 atom stereocenters. The molecule has 0 aliphatic rings. The number of hydrogen-bond acceptors (Lipinski definition) is 5. The zero-order valence-corrected chi connectivity index (χ0v) is 14.8. The van der Waals surface area contributed by atoms with Gasteiger partial charge in [0.25, 0.3) is 0 Å². The molecule has 2 aromatic carbocycles. The van der Waals surface area contributed by atoms with Crippen LogP contribution in [-0.2, 0) is 21.3 Å². The molecule has 0 heterocycles. The van der Waals surface area contributed by atoms with Crippen LogP contribution in [0.2, 0.25) is 0 Å². The maximum atomic E-state index is 13.6. The van der Waals surface area contributed by atoms with E-state index < -0.39 is 21.8 Å². The number of hydrogen-bond donors (Lipinski definition) is 1. The van der Waals surface area contributed by atoms with Gasteiger partial charge in [0.15, 0.2) is 0 Å². The number of rotatable bonds is 6. The molecule has 0 unspecified atom stereocenters. The summed E-state index contributed by atoms with van der Waals surface area (Å²) in [5.41, 5.74) is 1.07. The Balaban J connectivity index is 2.22. The van der Waals surface area contributed by atoms with Crippen LogP contribution in [0.1, 0.15) is 21.5 Å². The fourth-order valence-electron chi connectivity index (χ4n) is 2.14. The number of carbonyl (C=O) groups excluding carboxylic acids is 1. The highest BCUT2D eigenvalue weighted by Gasteiger charge is 2.17. The lowest BCUT2D eigenvalue weighted by molar-refractivity contribution is 0.0597. The number of methoxy groups -OCH3 is 2. The van der Waals surface area contributed by atoms with Crippen molar-refractivity contribution in [3.8, 4) is 5.75 Å². The predicted molar refractivity (Wildman–Crippen MR) is 89.5 cm³/mol. The van der Waals surface area contributed by atoms with Crippen molar-refractivity contribution in [3.05, 3.63) is 58.9 Å². The van der Waals surface area contributed by atoms with E-state index in [9.17, 15) is 17.6 Å². The van der Waals surface area contributed by atoms with E-state index in [0.717, 1.165) is 6.07 Å². The third kappa shape index (κ3) is 4.34. The third-order valence-corrected chi connectivity index (χ3v) is 4.99. The average molecular weight is 367 g/mol. The van der Waals surface area contributed by atoms with E-state index in [0.29, 0.717) is 16.9 Å². The summed E-state index contributed by atoms with van der Waals surface area (Å²) in [5, 5.41) is 0. The maximum absolute atomic E-state index is 13.6. The van der Waals surface area contributed by atoms with Crippen LogP contribution < -0.4 is 9.46 Å². The number of nitrogens with one attached hydrogen (secondary N) is 1. The standard InChI is InChI=1S/C17H18FNO5S/c1-11-4-6-13(9-15(11)18)25(21,22)19-10-12-5-7-16(23-2)14(8-12)17(20)24-3/h4-9,19H,10H2,1-3H3.